The van der Waals surface area contributed by atoms with Gasteiger partial charge in [0.2, 0.25) is 0 Å². The molecule has 0 bridgehead atoms. The average Bonchev–Trinajstić information content (AvgIpc) is 2.94. The minimum Gasteiger partial charge on any atom is -0.492 e. The van der Waals surface area contributed by atoms with Gasteiger partial charge >= 0.3 is 0 Å². The Hall–Kier alpha value is -2.36. The van der Waals surface area contributed by atoms with Crippen LogP contribution < -0.4 is 9.47 Å². The number of hydrogen-bond donors (Lipinski definition) is 0. The number of ketones is 1. The van der Waals surface area contributed by atoms with E-state index in [1.165, 1.54) is 11.1 Å². The number of ether oxygens (including phenoxy) is 2. The number of benzene rings is 1. The molecule has 0 N–H and O–H groups in total. The molecular formula is C18H17NO3. The first-order valence-electron chi connectivity index (χ1n) is 7.63. The lowest BCUT2D eigenvalue weighted by Gasteiger charge is -2.22. The van der Waals surface area contributed by atoms with Gasteiger partial charge < -0.3 is 9.47 Å². The van der Waals surface area contributed by atoms with E-state index in [1.807, 2.05) is 37.5 Å². The minimum absolute atomic E-state index is 0.0500. The van der Waals surface area contributed by atoms with Crippen LogP contribution in [0.1, 0.15) is 46.0 Å². The summed E-state index contributed by atoms with van der Waals surface area (Å²) < 4.78 is 11.9. The zero-order valence-electron chi connectivity index (χ0n) is 12.5. The van der Waals surface area contributed by atoms with Gasteiger partial charge in [-0.1, -0.05) is 0 Å². The number of rotatable bonds is 2. The predicted molar refractivity (Wildman–Crippen MR) is 81.5 cm³/mol. The standard InChI is InChI=1S/C18H17NO3/c1-11-16(5-3-14-15(20)7-9-21-18(11)14)22-17-4-2-12-10-19-8-6-13(12)17/h3,5-6,8,10,17H,2,4,7,9H2,1H3. The van der Waals surface area contributed by atoms with Gasteiger partial charge in [0.1, 0.15) is 17.6 Å². The van der Waals surface area contributed by atoms with Gasteiger partial charge in [-0.2, -0.15) is 0 Å². The molecule has 0 saturated heterocycles. The third-order valence-corrected chi connectivity index (χ3v) is 4.47. The summed E-state index contributed by atoms with van der Waals surface area (Å²) in [6.07, 6.45) is 6.18. The van der Waals surface area contributed by atoms with Crippen molar-refractivity contribution in [3.05, 3.63) is 52.8 Å². The zero-order valence-corrected chi connectivity index (χ0v) is 12.5. The van der Waals surface area contributed by atoms with E-state index in [1.54, 1.807) is 0 Å². The van der Waals surface area contributed by atoms with E-state index in [9.17, 15) is 4.79 Å². The zero-order chi connectivity index (χ0) is 15.1. The van der Waals surface area contributed by atoms with E-state index >= 15 is 0 Å². The molecule has 0 radical (unpaired) electrons. The molecule has 2 aliphatic rings. The van der Waals surface area contributed by atoms with E-state index in [2.05, 4.69) is 4.98 Å². The summed E-state index contributed by atoms with van der Waals surface area (Å²) in [7, 11) is 0. The SMILES string of the molecule is Cc1c(OC2CCc3cnccc32)ccc2c1OCCC2=O. The van der Waals surface area contributed by atoms with Gasteiger partial charge in [0.25, 0.3) is 0 Å². The Morgan fingerprint density at radius 3 is 3.09 bits per heavy atom. The van der Waals surface area contributed by atoms with E-state index < -0.39 is 0 Å². The molecule has 0 saturated carbocycles. The molecular weight excluding hydrogens is 278 g/mol. The summed E-state index contributed by atoms with van der Waals surface area (Å²) in [5, 5.41) is 0. The Labute approximate surface area is 129 Å². The first-order chi connectivity index (χ1) is 10.7. The topological polar surface area (TPSA) is 48.4 Å². The number of carbonyl (C=O) groups excluding carboxylic acids is 1. The third kappa shape index (κ3) is 2.06. The van der Waals surface area contributed by atoms with Gasteiger partial charge in [-0.15, -0.1) is 0 Å². The van der Waals surface area contributed by atoms with Crippen LogP contribution >= 0.6 is 0 Å². The van der Waals surface area contributed by atoms with Crippen LogP contribution in [0.3, 0.4) is 0 Å². The molecule has 1 aromatic heterocycles. The highest BCUT2D eigenvalue weighted by Crippen LogP contribution is 2.39. The normalized spacial score (nSPS) is 19.3. The number of hydrogen-bond acceptors (Lipinski definition) is 4. The molecule has 22 heavy (non-hydrogen) atoms. The van der Waals surface area contributed by atoms with Crippen molar-refractivity contribution in [2.75, 3.05) is 6.61 Å². The molecule has 1 atom stereocenters. The molecule has 2 aromatic rings. The van der Waals surface area contributed by atoms with Crippen molar-refractivity contribution in [1.82, 2.24) is 4.98 Å². The predicted octanol–water partition coefficient (Wildman–Crippen LogP) is 3.42. The number of aryl methyl sites for hydroxylation is 1. The summed E-state index contributed by atoms with van der Waals surface area (Å²) >= 11 is 0. The maximum atomic E-state index is 11.9. The third-order valence-electron chi connectivity index (χ3n) is 4.47. The Morgan fingerprint density at radius 1 is 1.27 bits per heavy atom. The Morgan fingerprint density at radius 2 is 2.18 bits per heavy atom. The smallest absolute Gasteiger partial charge is 0.170 e. The second-order valence-corrected chi connectivity index (χ2v) is 5.81. The first-order valence-corrected chi connectivity index (χ1v) is 7.63. The number of nitrogens with zero attached hydrogens (tertiary/aromatic N) is 1. The summed E-state index contributed by atoms with van der Waals surface area (Å²) in [5.41, 5.74) is 4.05. The van der Waals surface area contributed by atoms with Crippen molar-refractivity contribution < 1.29 is 14.3 Å². The largest absolute Gasteiger partial charge is 0.492 e. The van der Waals surface area contributed by atoms with Crippen molar-refractivity contribution >= 4 is 5.78 Å². The van der Waals surface area contributed by atoms with Gasteiger partial charge in [-0.05, 0) is 49.1 Å². The second-order valence-electron chi connectivity index (χ2n) is 5.81. The molecule has 0 fully saturated rings. The van der Waals surface area contributed by atoms with Gasteiger partial charge in [-0.25, -0.2) is 0 Å². The maximum absolute atomic E-state index is 11.9. The van der Waals surface area contributed by atoms with E-state index in [-0.39, 0.29) is 11.9 Å². The van der Waals surface area contributed by atoms with Gasteiger partial charge in [-0.3, -0.25) is 9.78 Å². The fraction of sp³-hybridized carbons (Fsp3) is 0.333. The molecule has 4 heteroatoms. The lowest BCUT2D eigenvalue weighted by molar-refractivity contribution is 0.0932. The highest BCUT2D eigenvalue weighted by atomic mass is 16.5. The molecule has 1 aliphatic heterocycles. The number of aromatic nitrogens is 1. The van der Waals surface area contributed by atoms with E-state index in [0.29, 0.717) is 24.3 Å². The number of carbonyl (C=O) groups is 1. The fourth-order valence-corrected chi connectivity index (χ4v) is 3.27. The van der Waals surface area contributed by atoms with Crippen molar-refractivity contribution in [2.24, 2.45) is 0 Å². The highest BCUT2D eigenvalue weighted by molar-refractivity contribution is 6.00. The van der Waals surface area contributed by atoms with Crippen molar-refractivity contribution in [1.29, 1.82) is 0 Å². The van der Waals surface area contributed by atoms with Crippen LogP contribution in [0.15, 0.2) is 30.6 Å². The lowest BCUT2D eigenvalue weighted by atomic mass is 10.0. The van der Waals surface area contributed by atoms with E-state index in [0.717, 1.165) is 24.2 Å². The molecule has 112 valence electrons. The first kappa shape index (κ1) is 13.3. The van der Waals surface area contributed by atoms with Crippen LogP contribution in [0.4, 0.5) is 0 Å². The van der Waals surface area contributed by atoms with Gasteiger partial charge in [0.05, 0.1) is 12.2 Å². The van der Waals surface area contributed by atoms with Crippen LogP contribution in [0.25, 0.3) is 0 Å². The molecule has 4 nitrogen and oxygen atoms in total. The van der Waals surface area contributed by atoms with Crippen LogP contribution in [0.2, 0.25) is 0 Å². The molecule has 1 unspecified atom stereocenters. The Balaban J connectivity index is 1.66. The van der Waals surface area contributed by atoms with Crippen molar-refractivity contribution in [3.63, 3.8) is 0 Å². The molecule has 1 aliphatic carbocycles. The monoisotopic (exact) mass is 295 g/mol. The Kier molecular flexibility index (Phi) is 3.10. The van der Waals surface area contributed by atoms with Crippen molar-refractivity contribution in [3.8, 4) is 11.5 Å². The number of pyridine rings is 1. The molecule has 1 aromatic carbocycles. The molecule has 2 heterocycles. The lowest BCUT2D eigenvalue weighted by Crippen LogP contribution is -2.16. The minimum atomic E-state index is 0.0500. The summed E-state index contributed by atoms with van der Waals surface area (Å²) in [6, 6.07) is 5.74. The highest BCUT2D eigenvalue weighted by Gasteiger charge is 2.27. The summed E-state index contributed by atoms with van der Waals surface area (Å²) in [4.78, 5) is 16.1. The van der Waals surface area contributed by atoms with Crippen LogP contribution in [-0.4, -0.2) is 17.4 Å². The van der Waals surface area contributed by atoms with E-state index in [4.69, 9.17) is 9.47 Å². The van der Waals surface area contributed by atoms with Crippen LogP contribution in [0.5, 0.6) is 11.5 Å². The average molecular weight is 295 g/mol. The van der Waals surface area contributed by atoms with Crippen LogP contribution in [0, 0.1) is 6.92 Å². The molecule has 0 spiro atoms. The quantitative estimate of drug-likeness (QED) is 0.851. The van der Waals surface area contributed by atoms with Gasteiger partial charge in [0, 0.05) is 24.4 Å². The van der Waals surface area contributed by atoms with Crippen LogP contribution in [-0.2, 0) is 6.42 Å². The van der Waals surface area contributed by atoms with Gasteiger partial charge in [0.15, 0.2) is 5.78 Å². The molecule has 4 rings (SSSR count). The summed E-state index contributed by atoms with van der Waals surface area (Å²) in [6.45, 7) is 2.41. The maximum Gasteiger partial charge on any atom is 0.170 e. The summed E-state index contributed by atoms with van der Waals surface area (Å²) in [5.74, 6) is 1.62. The fourth-order valence-electron chi connectivity index (χ4n) is 3.27. The Bertz CT molecular complexity index is 754. The number of Topliss-reactive ketones (excluding diaryl/α,β-unsaturated/α-hetero) is 1. The number of fused-ring (bicyclic) bond motifs is 2. The second kappa shape index (κ2) is 5.13. The molecule has 0 amide bonds. The van der Waals surface area contributed by atoms with Crippen molar-refractivity contribution in [2.45, 2.75) is 32.3 Å².